The van der Waals surface area contributed by atoms with Crippen LogP contribution in [0.25, 0.3) is 10.8 Å². The summed E-state index contributed by atoms with van der Waals surface area (Å²) in [5, 5.41) is 2.04. The first kappa shape index (κ1) is 19.0. The summed E-state index contributed by atoms with van der Waals surface area (Å²) < 4.78 is 14.3. The molecule has 1 saturated heterocycles. The molecule has 2 aliphatic heterocycles. The lowest BCUT2D eigenvalue weighted by Crippen LogP contribution is -2.46. The van der Waals surface area contributed by atoms with Crippen molar-refractivity contribution in [1.29, 1.82) is 0 Å². The molecular weight excluding hydrogens is 387 g/mol. The van der Waals surface area contributed by atoms with Gasteiger partial charge in [-0.05, 0) is 85.3 Å². The number of carbonyl (C=O) groups excluding carboxylic acids is 1. The number of amides is 1. The first-order valence-electron chi connectivity index (χ1n) is 11.5. The van der Waals surface area contributed by atoms with Gasteiger partial charge in [0.25, 0.3) is 5.91 Å². The minimum atomic E-state index is -0.210. The van der Waals surface area contributed by atoms with Crippen LogP contribution >= 0.6 is 0 Å². The third-order valence-electron chi connectivity index (χ3n) is 7.57. The molecule has 3 aromatic carbocycles. The molecule has 2 fully saturated rings. The molecule has 0 aromatic heterocycles. The Hall–Kier alpha value is -2.72. The second-order valence-electron chi connectivity index (χ2n) is 9.60. The van der Waals surface area contributed by atoms with Gasteiger partial charge in [0.1, 0.15) is 5.82 Å². The predicted molar refractivity (Wildman–Crippen MR) is 122 cm³/mol. The number of halogens is 1. The van der Waals surface area contributed by atoms with Crippen LogP contribution in [-0.2, 0) is 5.41 Å². The van der Waals surface area contributed by atoms with Gasteiger partial charge in [0.2, 0.25) is 0 Å². The van der Waals surface area contributed by atoms with Crippen LogP contribution in [-0.4, -0.2) is 37.0 Å². The van der Waals surface area contributed by atoms with Gasteiger partial charge in [-0.3, -0.25) is 4.79 Å². The Bertz CT molecular complexity index is 1160. The van der Waals surface area contributed by atoms with Gasteiger partial charge < -0.3 is 9.80 Å². The number of hydrogen-bond donors (Lipinski definition) is 0. The number of piperidine rings is 1. The quantitative estimate of drug-likeness (QED) is 0.574. The summed E-state index contributed by atoms with van der Waals surface area (Å²) in [5.41, 5.74) is 2.48. The summed E-state index contributed by atoms with van der Waals surface area (Å²) in [6.45, 7) is 3.90. The van der Waals surface area contributed by atoms with E-state index in [2.05, 4.69) is 4.90 Å². The predicted octanol–water partition coefficient (Wildman–Crippen LogP) is 5.38. The summed E-state index contributed by atoms with van der Waals surface area (Å²) >= 11 is 0. The van der Waals surface area contributed by atoms with Gasteiger partial charge >= 0.3 is 0 Å². The van der Waals surface area contributed by atoms with Crippen LogP contribution in [0.2, 0.25) is 0 Å². The van der Waals surface area contributed by atoms with Crippen LogP contribution in [0.3, 0.4) is 0 Å². The molecule has 158 valence electrons. The molecule has 1 saturated carbocycles. The van der Waals surface area contributed by atoms with Crippen molar-refractivity contribution in [2.75, 3.05) is 31.1 Å². The summed E-state index contributed by atoms with van der Waals surface area (Å²) in [6, 6.07) is 18.9. The van der Waals surface area contributed by atoms with E-state index in [9.17, 15) is 9.18 Å². The van der Waals surface area contributed by atoms with E-state index in [0.717, 1.165) is 59.4 Å². The van der Waals surface area contributed by atoms with Gasteiger partial charge in [-0.1, -0.05) is 36.4 Å². The van der Waals surface area contributed by atoms with Crippen LogP contribution in [0.1, 0.15) is 41.6 Å². The molecule has 0 N–H and O–H groups in total. The third-order valence-corrected chi connectivity index (χ3v) is 7.57. The van der Waals surface area contributed by atoms with Gasteiger partial charge in [0.05, 0.1) is 0 Å². The zero-order valence-corrected chi connectivity index (χ0v) is 17.7. The van der Waals surface area contributed by atoms with Crippen LogP contribution in [0.4, 0.5) is 10.1 Å². The molecule has 0 atom stereocenters. The minimum absolute atomic E-state index is 0.0157. The molecule has 1 spiro atoms. The molecule has 3 nitrogen and oxygen atoms in total. The monoisotopic (exact) mass is 414 g/mol. The zero-order valence-electron chi connectivity index (χ0n) is 17.7. The van der Waals surface area contributed by atoms with Gasteiger partial charge in [-0.15, -0.1) is 0 Å². The Morgan fingerprint density at radius 1 is 1.00 bits per heavy atom. The van der Waals surface area contributed by atoms with Crippen molar-refractivity contribution in [1.82, 2.24) is 4.90 Å². The molecule has 2 heterocycles. The third kappa shape index (κ3) is 3.25. The molecule has 4 heteroatoms. The number of likely N-dealkylation sites (tertiary alicyclic amines) is 1. The van der Waals surface area contributed by atoms with E-state index in [1.54, 1.807) is 12.1 Å². The molecule has 1 aliphatic carbocycles. The fourth-order valence-corrected chi connectivity index (χ4v) is 5.64. The van der Waals surface area contributed by atoms with Gasteiger partial charge in [0, 0.05) is 29.8 Å². The van der Waals surface area contributed by atoms with Crippen molar-refractivity contribution in [2.24, 2.45) is 5.92 Å². The maximum Gasteiger partial charge on any atom is 0.258 e. The van der Waals surface area contributed by atoms with E-state index >= 15 is 0 Å². The van der Waals surface area contributed by atoms with Crippen molar-refractivity contribution in [3.8, 4) is 0 Å². The minimum Gasteiger partial charge on any atom is -0.307 e. The largest absolute Gasteiger partial charge is 0.307 e. The maximum absolute atomic E-state index is 14.3. The number of rotatable bonds is 3. The highest BCUT2D eigenvalue weighted by atomic mass is 19.1. The average molecular weight is 415 g/mol. The highest BCUT2D eigenvalue weighted by Gasteiger charge is 2.47. The van der Waals surface area contributed by atoms with Crippen molar-refractivity contribution in [3.05, 3.63) is 77.6 Å². The second kappa shape index (κ2) is 7.16. The Morgan fingerprint density at radius 2 is 1.77 bits per heavy atom. The lowest BCUT2D eigenvalue weighted by molar-refractivity contribution is 0.0977. The fraction of sp³-hybridized carbons (Fsp3) is 0.370. The smallest absolute Gasteiger partial charge is 0.258 e. The van der Waals surface area contributed by atoms with Crippen molar-refractivity contribution >= 4 is 22.4 Å². The Kier molecular flexibility index (Phi) is 4.39. The molecule has 0 radical (unpaired) electrons. The Balaban J connectivity index is 1.35. The highest BCUT2D eigenvalue weighted by Crippen LogP contribution is 2.48. The molecule has 3 aliphatic rings. The van der Waals surface area contributed by atoms with Gasteiger partial charge in [-0.2, -0.15) is 0 Å². The molecule has 0 bridgehead atoms. The number of carbonyl (C=O) groups is 1. The lowest BCUT2D eigenvalue weighted by atomic mass is 9.74. The maximum atomic E-state index is 14.3. The molecule has 1 amide bonds. The van der Waals surface area contributed by atoms with E-state index in [-0.39, 0.29) is 17.1 Å². The van der Waals surface area contributed by atoms with E-state index in [1.165, 1.54) is 25.5 Å². The average Bonchev–Trinajstić information content (AvgIpc) is 3.57. The number of nitrogens with zero attached hydrogens (tertiary/aromatic N) is 2. The van der Waals surface area contributed by atoms with Crippen LogP contribution in [0, 0.1) is 11.7 Å². The zero-order chi connectivity index (χ0) is 21.0. The summed E-state index contributed by atoms with van der Waals surface area (Å²) in [4.78, 5) is 18.3. The number of anilines is 1. The van der Waals surface area contributed by atoms with Gasteiger partial charge in [0.15, 0.2) is 0 Å². The van der Waals surface area contributed by atoms with E-state index in [1.807, 2.05) is 47.4 Å². The number of fused-ring (bicyclic) bond motifs is 3. The molecule has 6 rings (SSSR count). The van der Waals surface area contributed by atoms with Crippen LogP contribution in [0.5, 0.6) is 0 Å². The standard InChI is InChI=1S/C27H27FN2O/c28-21-10-11-25-24(16-21)27(12-14-29(15-13-27)17-19-8-9-19)18-30(25)26(31)23-7-3-5-20-4-1-2-6-22(20)23/h1-7,10-11,16,19H,8-9,12-15,17-18H2. The van der Waals surface area contributed by atoms with Crippen molar-refractivity contribution in [3.63, 3.8) is 0 Å². The van der Waals surface area contributed by atoms with E-state index in [4.69, 9.17) is 0 Å². The van der Waals surface area contributed by atoms with Crippen molar-refractivity contribution in [2.45, 2.75) is 31.1 Å². The van der Waals surface area contributed by atoms with E-state index < -0.39 is 0 Å². The Morgan fingerprint density at radius 3 is 2.58 bits per heavy atom. The number of hydrogen-bond acceptors (Lipinski definition) is 2. The molecule has 3 aromatic rings. The summed E-state index contributed by atoms with van der Waals surface area (Å²) in [5.74, 6) is 0.687. The fourth-order valence-electron chi connectivity index (χ4n) is 5.64. The highest BCUT2D eigenvalue weighted by molar-refractivity contribution is 6.15. The molecule has 31 heavy (non-hydrogen) atoms. The summed E-state index contributed by atoms with van der Waals surface area (Å²) in [7, 11) is 0. The topological polar surface area (TPSA) is 23.6 Å². The van der Waals surface area contributed by atoms with Crippen molar-refractivity contribution < 1.29 is 9.18 Å². The summed E-state index contributed by atoms with van der Waals surface area (Å²) in [6.07, 6.45) is 4.69. The van der Waals surface area contributed by atoms with Gasteiger partial charge in [-0.25, -0.2) is 4.39 Å². The number of benzene rings is 3. The second-order valence-corrected chi connectivity index (χ2v) is 9.60. The first-order valence-corrected chi connectivity index (χ1v) is 11.5. The molecule has 0 unspecified atom stereocenters. The Labute approximate surface area is 182 Å². The van der Waals surface area contributed by atoms with Crippen LogP contribution < -0.4 is 4.90 Å². The normalized spacial score (nSPS) is 20.4. The molecular formula is C27H27FN2O. The van der Waals surface area contributed by atoms with Crippen LogP contribution in [0.15, 0.2) is 60.7 Å². The SMILES string of the molecule is O=C(c1cccc2ccccc12)N1CC2(CCN(CC3CC3)CC2)c2cc(F)ccc21. The van der Waals surface area contributed by atoms with E-state index in [0.29, 0.717) is 6.54 Å². The lowest BCUT2D eigenvalue weighted by Gasteiger charge is -2.40. The first-order chi connectivity index (χ1) is 15.1.